The summed E-state index contributed by atoms with van der Waals surface area (Å²) in [6.07, 6.45) is 3.16. The summed E-state index contributed by atoms with van der Waals surface area (Å²) in [4.78, 5) is 11.9. The second-order valence-electron chi connectivity index (χ2n) is 3.88. The van der Waals surface area contributed by atoms with E-state index >= 15 is 0 Å². The third kappa shape index (κ3) is 3.84. The molecule has 2 aromatic carbocycles. The summed E-state index contributed by atoms with van der Waals surface area (Å²) >= 11 is 17.6. The Kier molecular flexibility index (Phi) is 4.65. The molecule has 0 fully saturated rings. The lowest BCUT2D eigenvalue weighted by Gasteiger charge is -1.98. The Hall–Kier alpha value is -1.28. The smallest absolute Gasteiger partial charge is 0.185 e. The van der Waals surface area contributed by atoms with Gasteiger partial charge < -0.3 is 0 Å². The van der Waals surface area contributed by atoms with Gasteiger partial charge in [0.1, 0.15) is 0 Å². The lowest BCUT2D eigenvalue weighted by molar-refractivity contribution is 0.104. The molecule has 19 heavy (non-hydrogen) atoms. The maximum atomic E-state index is 11.9. The zero-order valence-corrected chi connectivity index (χ0v) is 12.0. The number of benzene rings is 2. The fraction of sp³-hybridized carbons (Fsp3) is 0. The Balaban J connectivity index is 2.18. The Morgan fingerprint density at radius 3 is 2.42 bits per heavy atom. The Labute approximate surface area is 126 Å². The molecule has 0 spiro atoms. The second-order valence-corrected chi connectivity index (χ2v) is 5.13. The molecule has 0 atom stereocenters. The normalized spacial score (nSPS) is 10.9. The van der Waals surface area contributed by atoms with Crippen LogP contribution in [0, 0.1) is 0 Å². The molecule has 0 saturated carbocycles. The molecular weight excluding hydrogens is 303 g/mol. The molecule has 0 saturated heterocycles. The van der Waals surface area contributed by atoms with Crippen molar-refractivity contribution in [3.05, 3.63) is 74.7 Å². The van der Waals surface area contributed by atoms with E-state index in [1.165, 1.54) is 6.08 Å². The summed E-state index contributed by atoms with van der Waals surface area (Å²) < 4.78 is 0. The highest BCUT2D eigenvalue weighted by Gasteiger charge is 2.02. The summed E-state index contributed by atoms with van der Waals surface area (Å²) in [5, 5.41) is 1.48. The first-order valence-corrected chi connectivity index (χ1v) is 6.63. The van der Waals surface area contributed by atoms with E-state index in [-0.39, 0.29) is 5.78 Å². The van der Waals surface area contributed by atoms with Gasteiger partial charge in [-0.2, -0.15) is 0 Å². The van der Waals surface area contributed by atoms with Gasteiger partial charge in [-0.1, -0.05) is 59.1 Å². The number of hydrogen-bond donors (Lipinski definition) is 0. The average Bonchev–Trinajstić information content (AvgIpc) is 2.40. The molecule has 0 radical (unpaired) electrons. The number of allylic oxidation sites excluding steroid dienone is 1. The first kappa shape index (κ1) is 14.1. The SMILES string of the molecule is O=C(/C=C/c1ccc(Cl)c(Cl)c1)c1cccc(Cl)c1. The van der Waals surface area contributed by atoms with Gasteiger partial charge in [-0.05, 0) is 35.9 Å². The summed E-state index contributed by atoms with van der Waals surface area (Å²) in [6.45, 7) is 0. The van der Waals surface area contributed by atoms with E-state index in [9.17, 15) is 4.79 Å². The van der Waals surface area contributed by atoms with Crippen molar-refractivity contribution < 1.29 is 4.79 Å². The number of rotatable bonds is 3. The Morgan fingerprint density at radius 1 is 0.947 bits per heavy atom. The molecule has 0 amide bonds. The van der Waals surface area contributed by atoms with Gasteiger partial charge in [0, 0.05) is 10.6 Å². The van der Waals surface area contributed by atoms with Crippen LogP contribution in [0.4, 0.5) is 0 Å². The van der Waals surface area contributed by atoms with Crippen LogP contribution in [0.2, 0.25) is 15.1 Å². The highest BCUT2D eigenvalue weighted by Crippen LogP contribution is 2.23. The van der Waals surface area contributed by atoms with E-state index in [1.807, 2.05) is 0 Å². The van der Waals surface area contributed by atoms with Crippen LogP contribution in [0.3, 0.4) is 0 Å². The lowest BCUT2D eigenvalue weighted by Crippen LogP contribution is -1.93. The molecule has 0 aromatic heterocycles. The monoisotopic (exact) mass is 310 g/mol. The molecule has 4 heteroatoms. The van der Waals surface area contributed by atoms with Gasteiger partial charge in [0.05, 0.1) is 10.0 Å². The van der Waals surface area contributed by atoms with Crippen molar-refractivity contribution in [2.45, 2.75) is 0 Å². The van der Waals surface area contributed by atoms with Crippen LogP contribution in [-0.2, 0) is 0 Å². The third-order valence-corrected chi connectivity index (χ3v) is 3.45. The molecular formula is C15H9Cl3O. The minimum atomic E-state index is -0.117. The molecule has 0 bridgehead atoms. The van der Waals surface area contributed by atoms with Gasteiger partial charge in [0.2, 0.25) is 0 Å². The third-order valence-electron chi connectivity index (χ3n) is 2.48. The van der Waals surface area contributed by atoms with Gasteiger partial charge in [-0.15, -0.1) is 0 Å². The standard InChI is InChI=1S/C15H9Cl3O/c16-12-3-1-2-11(9-12)15(19)7-5-10-4-6-13(17)14(18)8-10/h1-9H/b7-5+. The molecule has 0 aliphatic carbocycles. The fourth-order valence-electron chi connectivity index (χ4n) is 1.53. The van der Waals surface area contributed by atoms with Gasteiger partial charge >= 0.3 is 0 Å². The van der Waals surface area contributed by atoms with Crippen LogP contribution in [0.1, 0.15) is 15.9 Å². The van der Waals surface area contributed by atoms with Gasteiger partial charge in [-0.3, -0.25) is 4.79 Å². The quantitative estimate of drug-likeness (QED) is 0.537. The van der Waals surface area contributed by atoms with Crippen LogP contribution < -0.4 is 0 Å². The van der Waals surface area contributed by atoms with Crippen molar-refractivity contribution in [3.63, 3.8) is 0 Å². The van der Waals surface area contributed by atoms with E-state index in [4.69, 9.17) is 34.8 Å². The first-order valence-electron chi connectivity index (χ1n) is 5.49. The summed E-state index contributed by atoms with van der Waals surface area (Å²) in [6, 6.07) is 12.0. The lowest BCUT2D eigenvalue weighted by atomic mass is 10.1. The number of carbonyl (C=O) groups is 1. The first-order chi connectivity index (χ1) is 9.06. The van der Waals surface area contributed by atoms with E-state index in [2.05, 4.69) is 0 Å². The maximum absolute atomic E-state index is 11.9. The molecule has 96 valence electrons. The molecule has 0 unspecified atom stereocenters. The van der Waals surface area contributed by atoms with Crippen molar-refractivity contribution in [1.82, 2.24) is 0 Å². The average molecular weight is 312 g/mol. The maximum Gasteiger partial charge on any atom is 0.185 e. The summed E-state index contributed by atoms with van der Waals surface area (Å²) in [7, 11) is 0. The molecule has 0 N–H and O–H groups in total. The van der Waals surface area contributed by atoms with Crippen LogP contribution in [0.15, 0.2) is 48.5 Å². The van der Waals surface area contributed by atoms with E-state index in [0.29, 0.717) is 20.6 Å². The van der Waals surface area contributed by atoms with E-state index < -0.39 is 0 Å². The Bertz CT molecular complexity index is 648. The van der Waals surface area contributed by atoms with Crippen LogP contribution >= 0.6 is 34.8 Å². The fourth-order valence-corrected chi connectivity index (χ4v) is 2.02. The minimum Gasteiger partial charge on any atom is -0.289 e. The topological polar surface area (TPSA) is 17.1 Å². The zero-order valence-electron chi connectivity index (χ0n) is 9.74. The van der Waals surface area contributed by atoms with Gasteiger partial charge in [-0.25, -0.2) is 0 Å². The van der Waals surface area contributed by atoms with E-state index in [0.717, 1.165) is 5.56 Å². The van der Waals surface area contributed by atoms with Crippen LogP contribution in [0.5, 0.6) is 0 Å². The largest absolute Gasteiger partial charge is 0.289 e. The second kappa shape index (κ2) is 6.25. The van der Waals surface area contributed by atoms with Crippen molar-refractivity contribution in [2.24, 2.45) is 0 Å². The Morgan fingerprint density at radius 2 is 1.74 bits per heavy atom. The predicted octanol–water partition coefficient (Wildman–Crippen LogP) is 5.54. The van der Waals surface area contributed by atoms with Crippen molar-refractivity contribution in [1.29, 1.82) is 0 Å². The molecule has 0 aliphatic heterocycles. The van der Waals surface area contributed by atoms with Crippen LogP contribution in [0.25, 0.3) is 6.08 Å². The zero-order chi connectivity index (χ0) is 13.8. The molecule has 1 nitrogen and oxygen atoms in total. The highest BCUT2D eigenvalue weighted by atomic mass is 35.5. The highest BCUT2D eigenvalue weighted by molar-refractivity contribution is 6.42. The summed E-state index contributed by atoms with van der Waals surface area (Å²) in [5.41, 5.74) is 1.36. The minimum absolute atomic E-state index is 0.117. The number of hydrogen-bond acceptors (Lipinski definition) is 1. The van der Waals surface area contributed by atoms with Crippen molar-refractivity contribution in [3.8, 4) is 0 Å². The number of halogens is 3. The van der Waals surface area contributed by atoms with Gasteiger partial charge in [0.25, 0.3) is 0 Å². The number of ketones is 1. The molecule has 0 heterocycles. The molecule has 2 rings (SSSR count). The predicted molar refractivity (Wildman–Crippen MR) is 81.3 cm³/mol. The van der Waals surface area contributed by atoms with Crippen LogP contribution in [-0.4, -0.2) is 5.78 Å². The van der Waals surface area contributed by atoms with E-state index in [1.54, 1.807) is 48.5 Å². The van der Waals surface area contributed by atoms with Crippen molar-refractivity contribution in [2.75, 3.05) is 0 Å². The molecule has 0 aliphatic rings. The molecule has 2 aromatic rings. The van der Waals surface area contributed by atoms with Crippen molar-refractivity contribution >= 4 is 46.7 Å². The van der Waals surface area contributed by atoms with Gasteiger partial charge in [0.15, 0.2) is 5.78 Å². The summed E-state index contributed by atoms with van der Waals surface area (Å²) in [5.74, 6) is -0.117. The number of carbonyl (C=O) groups excluding carboxylic acids is 1.